The number of rotatable bonds is 5. The maximum Gasteiger partial charge on any atom is 0.219 e. The highest BCUT2D eigenvalue weighted by atomic mass is 16.5. The van der Waals surface area contributed by atoms with Crippen LogP contribution in [0.25, 0.3) is 0 Å². The average molecular weight is 257 g/mol. The lowest BCUT2D eigenvalue weighted by molar-refractivity contribution is 0.299. The molecular weight excluding hydrogens is 242 g/mol. The SMILES string of the molecule is N=C(N)c1ccc(Oc2ccc(CCO)cc2)nc1. The molecule has 2 aromatic rings. The molecule has 4 N–H and O–H groups in total. The second-order valence-corrected chi connectivity index (χ2v) is 4.02. The first kappa shape index (κ1) is 13.0. The van der Waals surface area contributed by atoms with Crippen molar-refractivity contribution in [2.45, 2.75) is 6.42 Å². The van der Waals surface area contributed by atoms with Gasteiger partial charge in [0, 0.05) is 24.4 Å². The summed E-state index contributed by atoms with van der Waals surface area (Å²) in [6, 6.07) is 10.8. The number of aromatic nitrogens is 1. The number of aliphatic hydroxyl groups excluding tert-OH is 1. The molecule has 0 unspecified atom stereocenters. The van der Waals surface area contributed by atoms with Crippen LogP contribution in [0.2, 0.25) is 0 Å². The third kappa shape index (κ3) is 3.53. The van der Waals surface area contributed by atoms with Gasteiger partial charge in [0.1, 0.15) is 11.6 Å². The van der Waals surface area contributed by atoms with Crippen LogP contribution in [0, 0.1) is 5.41 Å². The van der Waals surface area contributed by atoms with Crippen molar-refractivity contribution >= 4 is 5.84 Å². The molecule has 0 bridgehead atoms. The Balaban J connectivity index is 2.06. The number of nitrogens with zero attached hydrogens (tertiary/aromatic N) is 1. The predicted octanol–water partition coefficient (Wildman–Crippen LogP) is 1.69. The molecule has 0 spiro atoms. The molecule has 0 aliphatic rings. The Hall–Kier alpha value is -2.40. The fourth-order valence-corrected chi connectivity index (χ4v) is 1.57. The third-order valence-corrected chi connectivity index (χ3v) is 2.59. The average Bonchev–Trinajstić information content (AvgIpc) is 2.42. The first-order valence-electron chi connectivity index (χ1n) is 5.87. The highest BCUT2D eigenvalue weighted by Crippen LogP contribution is 2.19. The molecule has 0 aliphatic heterocycles. The van der Waals surface area contributed by atoms with E-state index in [9.17, 15) is 0 Å². The summed E-state index contributed by atoms with van der Waals surface area (Å²) in [7, 11) is 0. The van der Waals surface area contributed by atoms with Crippen molar-refractivity contribution in [2.24, 2.45) is 5.73 Å². The molecular formula is C14H15N3O2. The van der Waals surface area contributed by atoms with Crippen LogP contribution < -0.4 is 10.5 Å². The van der Waals surface area contributed by atoms with E-state index in [1.807, 2.05) is 24.3 Å². The first-order chi connectivity index (χ1) is 9.19. The van der Waals surface area contributed by atoms with E-state index in [1.54, 1.807) is 12.1 Å². The summed E-state index contributed by atoms with van der Waals surface area (Å²) in [4.78, 5) is 4.07. The monoisotopic (exact) mass is 257 g/mol. The maximum absolute atomic E-state index is 8.83. The van der Waals surface area contributed by atoms with Crippen LogP contribution in [0.1, 0.15) is 11.1 Å². The second kappa shape index (κ2) is 5.97. The van der Waals surface area contributed by atoms with Gasteiger partial charge in [0.25, 0.3) is 0 Å². The van der Waals surface area contributed by atoms with E-state index in [1.165, 1.54) is 6.20 Å². The number of aliphatic hydroxyl groups is 1. The molecule has 0 atom stereocenters. The smallest absolute Gasteiger partial charge is 0.219 e. The molecule has 1 aromatic carbocycles. The van der Waals surface area contributed by atoms with Crippen LogP contribution in [-0.2, 0) is 6.42 Å². The number of nitrogens with two attached hydrogens (primary N) is 1. The Bertz CT molecular complexity index is 550. The van der Waals surface area contributed by atoms with Crippen LogP contribution in [0.5, 0.6) is 11.6 Å². The van der Waals surface area contributed by atoms with Crippen LogP contribution in [0.3, 0.4) is 0 Å². The van der Waals surface area contributed by atoms with Gasteiger partial charge in [0.15, 0.2) is 0 Å². The molecule has 1 heterocycles. The van der Waals surface area contributed by atoms with E-state index < -0.39 is 0 Å². The summed E-state index contributed by atoms with van der Waals surface area (Å²) >= 11 is 0. The van der Waals surface area contributed by atoms with E-state index in [0.29, 0.717) is 23.6 Å². The molecule has 0 aliphatic carbocycles. The Morgan fingerprint density at radius 2 is 1.95 bits per heavy atom. The topological polar surface area (TPSA) is 92.2 Å². The lowest BCUT2D eigenvalue weighted by Crippen LogP contribution is -2.11. The van der Waals surface area contributed by atoms with Crippen molar-refractivity contribution in [3.05, 3.63) is 53.7 Å². The van der Waals surface area contributed by atoms with Crippen LogP contribution in [0.4, 0.5) is 0 Å². The van der Waals surface area contributed by atoms with Crippen molar-refractivity contribution in [3.8, 4) is 11.6 Å². The van der Waals surface area contributed by atoms with Gasteiger partial charge in [0.05, 0.1) is 0 Å². The van der Waals surface area contributed by atoms with E-state index in [4.69, 9.17) is 21.0 Å². The van der Waals surface area contributed by atoms with Gasteiger partial charge in [-0.25, -0.2) is 4.98 Å². The van der Waals surface area contributed by atoms with Gasteiger partial charge in [-0.15, -0.1) is 0 Å². The molecule has 5 heteroatoms. The highest BCUT2D eigenvalue weighted by molar-refractivity contribution is 5.94. The number of nitrogens with one attached hydrogen (secondary N) is 1. The van der Waals surface area contributed by atoms with Gasteiger partial charge < -0.3 is 15.6 Å². The Kier molecular flexibility index (Phi) is 4.10. The van der Waals surface area contributed by atoms with E-state index in [2.05, 4.69) is 4.98 Å². The number of hydrogen-bond acceptors (Lipinski definition) is 4. The standard InChI is InChI=1S/C14H15N3O2/c15-14(16)11-3-6-13(17-9-11)19-12-4-1-10(2-5-12)7-8-18/h1-6,9,18H,7-8H2,(H3,15,16). The molecule has 0 radical (unpaired) electrons. The van der Waals surface area contributed by atoms with Gasteiger partial charge in [0.2, 0.25) is 5.88 Å². The molecule has 2 rings (SSSR count). The molecule has 5 nitrogen and oxygen atoms in total. The number of ether oxygens (including phenoxy) is 1. The fourth-order valence-electron chi connectivity index (χ4n) is 1.57. The normalized spacial score (nSPS) is 10.2. The molecule has 19 heavy (non-hydrogen) atoms. The summed E-state index contributed by atoms with van der Waals surface area (Å²) in [5.74, 6) is 1.09. The second-order valence-electron chi connectivity index (χ2n) is 4.02. The number of nitrogen functional groups attached to an aromatic ring is 1. The summed E-state index contributed by atoms with van der Waals surface area (Å²) in [6.07, 6.45) is 2.13. The molecule has 1 aromatic heterocycles. The van der Waals surface area contributed by atoms with Gasteiger partial charge in [-0.2, -0.15) is 0 Å². The Morgan fingerprint density at radius 1 is 1.21 bits per heavy atom. The van der Waals surface area contributed by atoms with E-state index in [0.717, 1.165) is 5.56 Å². The summed E-state index contributed by atoms with van der Waals surface area (Å²) in [5, 5.41) is 16.1. The van der Waals surface area contributed by atoms with E-state index in [-0.39, 0.29) is 12.4 Å². The quantitative estimate of drug-likeness (QED) is 0.561. The van der Waals surface area contributed by atoms with Crippen molar-refractivity contribution < 1.29 is 9.84 Å². The van der Waals surface area contributed by atoms with Gasteiger partial charge in [-0.05, 0) is 30.2 Å². The molecule has 0 fully saturated rings. The maximum atomic E-state index is 8.83. The van der Waals surface area contributed by atoms with E-state index >= 15 is 0 Å². The number of hydrogen-bond donors (Lipinski definition) is 3. The van der Waals surface area contributed by atoms with Gasteiger partial charge >= 0.3 is 0 Å². The van der Waals surface area contributed by atoms with Crippen LogP contribution in [-0.4, -0.2) is 22.5 Å². The summed E-state index contributed by atoms with van der Waals surface area (Å²) < 4.78 is 5.56. The van der Waals surface area contributed by atoms with Crippen molar-refractivity contribution in [3.63, 3.8) is 0 Å². The van der Waals surface area contributed by atoms with Gasteiger partial charge in [-0.3, -0.25) is 5.41 Å². The summed E-state index contributed by atoms with van der Waals surface area (Å²) in [6.45, 7) is 0.133. The minimum Gasteiger partial charge on any atom is -0.439 e. The zero-order chi connectivity index (χ0) is 13.7. The Labute approximate surface area is 111 Å². The number of amidine groups is 1. The molecule has 0 amide bonds. The largest absolute Gasteiger partial charge is 0.439 e. The first-order valence-corrected chi connectivity index (χ1v) is 5.87. The third-order valence-electron chi connectivity index (χ3n) is 2.59. The number of benzene rings is 1. The highest BCUT2D eigenvalue weighted by Gasteiger charge is 2.01. The zero-order valence-electron chi connectivity index (χ0n) is 10.3. The van der Waals surface area contributed by atoms with Gasteiger partial charge in [-0.1, -0.05) is 12.1 Å². The minimum absolute atomic E-state index is 0.0209. The van der Waals surface area contributed by atoms with Crippen LogP contribution in [0.15, 0.2) is 42.6 Å². The summed E-state index contributed by atoms with van der Waals surface area (Å²) in [5.41, 5.74) is 6.96. The van der Waals surface area contributed by atoms with Crippen molar-refractivity contribution in [2.75, 3.05) is 6.61 Å². The minimum atomic E-state index is -0.0209. The zero-order valence-corrected chi connectivity index (χ0v) is 10.3. The van der Waals surface area contributed by atoms with Crippen molar-refractivity contribution in [1.29, 1.82) is 5.41 Å². The van der Waals surface area contributed by atoms with Crippen LogP contribution >= 0.6 is 0 Å². The fraction of sp³-hybridized carbons (Fsp3) is 0.143. The lowest BCUT2D eigenvalue weighted by Gasteiger charge is -2.06. The lowest BCUT2D eigenvalue weighted by atomic mass is 10.1. The molecule has 0 saturated heterocycles. The molecule has 0 saturated carbocycles. The van der Waals surface area contributed by atoms with Crippen molar-refractivity contribution in [1.82, 2.24) is 4.98 Å². The predicted molar refractivity (Wildman–Crippen MR) is 72.6 cm³/mol. The Morgan fingerprint density at radius 3 is 2.47 bits per heavy atom. The molecule has 98 valence electrons. The number of pyridine rings is 1.